The molecule has 2 unspecified atom stereocenters. The summed E-state index contributed by atoms with van der Waals surface area (Å²) in [5.41, 5.74) is 0. The van der Waals surface area contributed by atoms with Crippen LogP contribution >= 0.6 is 0 Å². The van der Waals surface area contributed by atoms with Crippen molar-refractivity contribution in [2.24, 2.45) is 11.8 Å². The molecular formula is C8H13. The van der Waals surface area contributed by atoms with Gasteiger partial charge in [-0.15, -0.1) is 0 Å². The molecule has 0 N–H and O–H groups in total. The van der Waals surface area contributed by atoms with E-state index in [9.17, 15) is 0 Å². The van der Waals surface area contributed by atoms with Crippen LogP contribution in [-0.4, -0.2) is 0 Å². The van der Waals surface area contributed by atoms with Crippen LogP contribution in [0.4, 0.5) is 0 Å². The van der Waals surface area contributed by atoms with Crippen LogP contribution in [0.1, 0.15) is 32.6 Å². The quantitative estimate of drug-likeness (QED) is 0.448. The van der Waals surface area contributed by atoms with Gasteiger partial charge in [-0.3, -0.25) is 0 Å². The molecule has 0 heterocycles. The third-order valence-corrected chi connectivity index (χ3v) is 2.95. The van der Waals surface area contributed by atoms with E-state index in [-0.39, 0.29) is 0 Å². The smallest absolute Gasteiger partial charge is 0.0207 e. The third kappa shape index (κ3) is 0.463. The van der Waals surface area contributed by atoms with Gasteiger partial charge < -0.3 is 0 Å². The molecule has 3 aliphatic rings. The van der Waals surface area contributed by atoms with Crippen LogP contribution in [0.5, 0.6) is 0 Å². The highest BCUT2D eigenvalue weighted by molar-refractivity contribution is 5.11. The molecule has 45 valence electrons. The first-order valence-electron chi connectivity index (χ1n) is 3.72. The maximum atomic E-state index is 2.39. The summed E-state index contributed by atoms with van der Waals surface area (Å²) >= 11 is 0. The molecule has 3 aliphatic carbocycles. The second-order valence-electron chi connectivity index (χ2n) is 3.30. The maximum absolute atomic E-state index is 2.39. The van der Waals surface area contributed by atoms with Gasteiger partial charge in [0.05, 0.1) is 0 Å². The maximum Gasteiger partial charge on any atom is -0.0207 e. The van der Waals surface area contributed by atoms with Gasteiger partial charge in [-0.05, 0) is 30.6 Å². The topological polar surface area (TPSA) is 0 Å². The van der Waals surface area contributed by atoms with Crippen molar-refractivity contribution in [2.75, 3.05) is 0 Å². The summed E-state index contributed by atoms with van der Waals surface area (Å²) in [6.45, 7) is 2.39. The summed E-state index contributed by atoms with van der Waals surface area (Å²) in [7, 11) is 0. The van der Waals surface area contributed by atoms with Gasteiger partial charge in [-0.25, -0.2) is 0 Å². The fourth-order valence-corrected chi connectivity index (χ4v) is 2.15. The normalized spacial score (nSPS) is 46.1. The Hall–Kier alpha value is 0. The highest BCUT2D eigenvalue weighted by Crippen LogP contribution is 2.51. The van der Waals surface area contributed by atoms with Crippen molar-refractivity contribution in [3.8, 4) is 0 Å². The van der Waals surface area contributed by atoms with E-state index >= 15 is 0 Å². The highest BCUT2D eigenvalue weighted by Gasteiger charge is 2.40. The van der Waals surface area contributed by atoms with Crippen LogP contribution in [0.25, 0.3) is 0 Å². The van der Waals surface area contributed by atoms with Gasteiger partial charge in [0.1, 0.15) is 0 Å². The van der Waals surface area contributed by atoms with E-state index in [1.54, 1.807) is 0 Å². The lowest BCUT2D eigenvalue weighted by atomic mass is 9.58. The molecule has 0 aliphatic heterocycles. The Morgan fingerprint density at radius 1 is 1.50 bits per heavy atom. The first-order chi connectivity index (χ1) is 3.88. The van der Waals surface area contributed by atoms with Crippen LogP contribution in [0.2, 0.25) is 0 Å². The van der Waals surface area contributed by atoms with Gasteiger partial charge in [-0.2, -0.15) is 0 Å². The summed E-state index contributed by atoms with van der Waals surface area (Å²) in [5, 5.41) is 0. The standard InChI is InChI=1S/C8H13/c1-6-7-3-2-4-8(6)5-7/h6-7H,2-5H2,1H3. The Bertz CT molecular complexity index is 82.2. The van der Waals surface area contributed by atoms with Crippen molar-refractivity contribution >= 4 is 0 Å². The molecule has 3 fully saturated rings. The van der Waals surface area contributed by atoms with Crippen LogP contribution in [-0.2, 0) is 0 Å². The Balaban J connectivity index is 2.03. The average Bonchev–Trinajstić information content (AvgIpc) is 1.89. The lowest BCUT2D eigenvalue weighted by molar-refractivity contribution is 0.160. The monoisotopic (exact) mass is 109 g/mol. The number of fused-ring (bicyclic) bond motifs is 2. The summed E-state index contributed by atoms with van der Waals surface area (Å²) in [6.07, 6.45) is 5.95. The zero-order valence-corrected chi connectivity index (χ0v) is 5.48. The second kappa shape index (κ2) is 1.49. The van der Waals surface area contributed by atoms with E-state index < -0.39 is 0 Å². The number of hydrogen-bond acceptors (Lipinski definition) is 0. The van der Waals surface area contributed by atoms with Gasteiger partial charge in [-0.1, -0.05) is 19.8 Å². The molecule has 0 nitrogen and oxygen atoms in total. The van der Waals surface area contributed by atoms with E-state index in [1.807, 2.05) is 5.92 Å². The Morgan fingerprint density at radius 2 is 2.38 bits per heavy atom. The Kier molecular flexibility index (Phi) is 0.902. The molecule has 8 heavy (non-hydrogen) atoms. The largest absolute Gasteiger partial charge is 0.0617 e. The lowest BCUT2D eigenvalue weighted by Crippen LogP contribution is -2.36. The molecule has 0 heteroatoms. The zero-order chi connectivity index (χ0) is 5.56. The Labute approximate surface area is 51.3 Å². The van der Waals surface area contributed by atoms with Gasteiger partial charge in [0, 0.05) is 0 Å². The molecule has 2 atom stereocenters. The molecule has 3 saturated carbocycles. The van der Waals surface area contributed by atoms with E-state index in [0.29, 0.717) is 0 Å². The predicted molar refractivity (Wildman–Crippen MR) is 34.4 cm³/mol. The number of rotatable bonds is 0. The van der Waals surface area contributed by atoms with Crippen LogP contribution < -0.4 is 0 Å². The molecule has 0 aromatic carbocycles. The molecule has 0 aromatic heterocycles. The zero-order valence-electron chi connectivity index (χ0n) is 5.48. The summed E-state index contributed by atoms with van der Waals surface area (Å²) in [4.78, 5) is 0. The molecule has 0 spiro atoms. The third-order valence-electron chi connectivity index (χ3n) is 2.95. The van der Waals surface area contributed by atoms with Crippen molar-refractivity contribution < 1.29 is 0 Å². The lowest BCUT2D eigenvalue weighted by Gasteiger charge is -2.47. The first-order valence-corrected chi connectivity index (χ1v) is 3.72. The van der Waals surface area contributed by atoms with E-state index in [2.05, 4.69) is 6.92 Å². The molecule has 2 bridgehead atoms. The van der Waals surface area contributed by atoms with Crippen molar-refractivity contribution in [1.29, 1.82) is 0 Å². The fraction of sp³-hybridized carbons (Fsp3) is 0.875. The van der Waals surface area contributed by atoms with Crippen molar-refractivity contribution in [2.45, 2.75) is 32.6 Å². The van der Waals surface area contributed by atoms with Crippen molar-refractivity contribution in [1.82, 2.24) is 0 Å². The fourth-order valence-electron chi connectivity index (χ4n) is 2.15. The van der Waals surface area contributed by atoms with Gasteiger partial charge in [0.25, 0.3) is 0 Å². The summed E-state index contributed by atoms with van der Waals surface area (Å²) in [6, 6.07) is 0. The van der Waals surface area contributed by atoms with E-state index in [4.69, 9.17) is 0 Å². The van der Waals surface area contributed by atoms with Gasteiger partial charge in [0.15, 0.2) is 0 Å². The minimum Gasteiger partial charge on any atom is -0.0617 e. The predicted octanol–water partition coefficient (Wildman–Crippen LogP) is 2.40. The number of hydrogen-bond donors (Lipinski definition) is 0. The summed E-state index contributed by atoms with van der Waals surface area (Å²) < 4.78 is 0. The summed E-state index contributed by atoms with van der Waals surface area (Å²) in [5.74, 6) is 3.99. The molecule has 3 rings (SSSR count). The minimum atomic E-state index is 1.02. The molecule has 0 saturated heterocycles. The van der Waals surface area contributed by atoms with Gasteiger partial charge >= 0.3 is 0 Å². The molecule has 0 aromatic rings. The minimum absolute atomic E-state index is 1.02. The average molecular weight is 109 g/mol. The molecule has 0 amide bonds. The van der Waals surface area contributed by atoms with E-state index in [0.717, 1.165) is 11.8 Å². The van der Waals surface area contributed by atoms with Crippen molar-refractivity contribution in [3.05, 3.63) is 5.92 Å². The van der Waals surface area contributed by atoms with Crippen molar-refractivity contribution in [3.63, 3.8) is 0 Å². The van der Waals surface area contributed by atoms with E-state index in [1.165, 1.54) is 25.7 Å². The molecular weight excluding hydrogens is 96.1 g/mol. The first kappa shape index (κ1) is 4.84. The molecule has 1 radical (unpaired) electrons. The Morgan fingerprint density at radius 3 is 2.62 bits per heavy atom. The van der Waals surface area contributed by atoms with Crippen LogP contribution in [0, 0.1) is 17.8 Å². The van der Waals surface area contributed by atoms with Gasteiger partial charge in [0.2, 0.25) is 0 Å². The van der Waals surface area contributed by atoms with Crippen LogP contribution in [0.3, 0.4) is 0 Å². The highest BCUT2D eigenvalue weighted by atomic mass is 14.4. The second-order valence-corrected chi connectivity index (χ2v) is 3.30. The SMILES string of the molecule is CC1[C]2CCCC1C2. The van der Waals surface area contributed by atoms with Crippen LogP contribution in [0.15, 0.2) is 0 Å².